The van der Waals surface area contributed by atoms with Gasteiger partial charge in [-0.2, -0.15) is 0 Å². The number of rotatable bonds is 4. The van der Waals surface area contributed by atoms with Crippen LogP contribution in [-0.2, 0) is 0 Å². The highest BCUT2D eigenvalue weighted by Crippen LogP contribution is 2.35. The highest BCUT2D eigenvalue weighted by molar-refractivity contribution is 5.46. The second kappa shape index (κ2) is 5.97. The molecule has 1 aliphatic rings. The number of fused-ring (bicyclic) bond motifs is 1. The summed E-state index contributed by atoms with van der Waals surface area (Å²) in [7, 11) is 3.46. The van der Waals surface area contributed by atoms with Gasteiger partial charge < -0.3 is 19.5 Å². The summed E-state index contributed by atoms with van der Waals surface area (Å²) < 4.78 is 16.5. The number of nitrogens with zero attached hydrogens (tertiary/aromatic N) is 2. The third kappa shape index (κ3) is 2.62. The molecule has 1 aromatic heterocycles. The number of aromatic nitrogens is 2. The summed E-state index contributed by atoms with van der Waals surface area (Å²) in [6.45, 7) is 1.15. The number of ether oxygens (including phenoxy) is 3. The minimum atomic E-state index is -0.135. The van der Waals surface area contributed by atoms with Crippen LogP contribution in [-0.4, -0.2) is 37.3 Å². The summed E-state index contributed by atoms with van der Waals surface area (Å²) in [4.78, 5) is 8.59. The predicted molar refractivity (Wildman–Crippen MR) is 76.9 cm³/mol. The molecule has 1 N–H and O–H groups in total. The largest absolute Gasteiger partial charge is 0.486 e. The molecule has 3 rings (SSSR count). The fourth-order valence-corrected chi connectivity index (χ4v) is 2.39. The Balaban J connectivity index is 2.00. The molecule has 1 atom stereocenters. The van der Waals surface area contributed by atoms with Crippen LogP contribution in [0.25, 0.3) is 0 Å². The fourth-order valence-electron chi connectivity index (χ4n) is 2.39. The molecular formula is C15H17N3O3. The van der Waals surface area contributed by atoms with Crippen molar-refractivity contribution in [1.82, 2.24) is 15.3 Å². The molecule has 6 heteroatoms. The lowest BCUT2D eigenvalue weighted by Gasteiger charge is -2.22. The van der Waals surface area contributed by atoms with Crippen molar-refractivity contribution < 1.29 is 14.2 Å². The molecule has 0 fully saturated rings. The van der Waals surface area contributed by atoms with Crippen molar-refractivity contribution in [3.05, 3.63) is 41.9 Å². The summed E-state index contributed by atoms with van der Waals surface area (Å²) >= 11 is 0. The standard InChI is InChI=1S/C15H17N3O3/c1-16-13(14-15(19-2)18-6-5-17-14)10-3-4-11-12(9-10)21-8-7-20-11/h3-6,9,13,16H,7-8H2,1-2H3. The zero-order valence-corrected chi connectivity index (χ0v) is 12.0. The van der Waals surface area contributed by atoms with Gasteiger partial charge in [-0.05, 0) is 24.7 Å². The van der Waals surface area contributed by atoms with Gasteiger partial charge in [0.2, 0.25) is 5.88 Å². The van der Waals surface area contributed by atoms with Crippen LogP contribution in [0, 0.1) is 0 Å². The molecule has 0 aliphatic carbocycles. The summed E-state index contributed by atoms with van der Waals surface area (Å²) in [5.41, 5.74) is 1.75. The summed E-state index contributed by atoms with van der Waals surface area (Å²) in [6, 6.07) is 5.73. The van der Waals surface area contributed by atoms with E-state index in [1.165, 1.54) is 0 Å². The third-order valence-electron chi connectivity index (χ3n) is 3.35. The molecule has 1 aromatic carbocycles. The van der Waals surface area contributed by atoms with Crippen molar-refractivity contribution in [1.29, 1.82) is 0 Å². The fraction of sp³-hybridized carbons (Fsp3) is 0.333. The second-order valence-corrected chi connectivity index (χ2v) is 4.58. The first-order chi connectivity index (χ1) is 10.3. The van der Waals surface area contributed by atoms with Crippen LogP contribution in [0.5, 0.6) is 17.4 Å². The van der Waals surface area contributed by atoms with Crippen molar-refractivity contribution in [3.8, 4) is 17.4 Å². The highest BCUT2D eigenvalue weighted by atomic mass is 16.6. The van der Waals surface area contributed by atoms with Crippen LogP contribution in [0.15, 0.2) is 30.6 Å². The molecule has 6 nitrogen and oxygen atoms in total. The summed E-state index contributed by atoms with van der Waals surface area (Å²) in [6.07, 6.45) is 3.26. The van der Waals surface area contributed by atoms with Crippen LogP contribution in [0.1, 0.15) is 17.3 Å². The van der Waals surface area contributed by atoms with E-state index in [4.69, 9.17) is 14.2 Å². The number of hydrogen-bond donors (Lipinski definition) is 1. The average Bonchev–Trinajstić information content (AvgIpc) is 2.56. The zero-order valence-electron chi connectivity index (χ0n) is 12.0. The van der Waals surface area contributed by atoms with Gasteiger partial charge in [0, 0.05) is 12.4 Å². The van der Waals surface area contributed by atoms with Gasteiger partial charge in [0.25, 0.3) is 0 Å². The molecule has 0 amide bonds. The van der Waals surface area contributed by atoms with Gasteiger partial charge in [0.05, 0.1) is 13.2 Å². The van der Waals surface area contributed by atoms with Crippen LogP contribution in [0.4, 0.5) is 0 Å². The van der Waals surface area contributed by atoms with E-state index in [-0.39, 0.29) is 6.04 Å². The second-order valence-electron chi connectivity index (χ2n) is 4.58. The van der Waals surface area contributed by atoms with Gasteiger partial charge >= 0.3 is 0 Å². The van der Waals surface area contributed by atoms with Crippen LogP contribution in [0.3, 0.4) is 0 Å². The van der Waals surface area contributed by atoms with Gasteiger partial charge in [-0.3, -0.25) is 4.98 Å². The lowest BCUT2D eigenvalue weighted by Crippen LogP contribution is -2.21. The molecule has 21 heavy (non-hydrogen) atoms. The van der Waals surface area contributed by atoms with E-state index >= 15 is 0 Å². The molecule has 0 bridgehead atoms. The SMILES string of the molecule is CNC(c1ccc2c(c1)OCCO2)c1nccnc1OC. The van der Waals surface area contributed by atoms with E-state index in [0.29, 0.717) is 19.1 Å². The first-order valence-corrected chi connectivity index (χ1v) is 6.75. The molecule has 0 saturated carbocycles. The van der Waals surface area contributed by atoms with Crippen LogP contribution in [0.2, 0.25) is 0 Å². The van der Waals surface area contributed by atoms with Gasteiger partial charge in [-0.15, -0.1) is 0 Å². The van der Waals surface area contributed by atoms with Gasteiger partial charge in [0.15, 0.2) is 11.5 Å². The first kappa shape index (κ1) is 13.6. The maximum absolute atomic E-state index is 5.63. The molecule has 1 aliphatic heterocycles. The lowest BCUT2D eigenvalue weighted by atomic mass is 10.0. The normalized spacial score (nSPS) is 14.6. The Hall–Kier alpha value is -2.34. The topological polar surface area (TPSA) is 65.5 Å². The van der Waals surface area contributed by atoms with E-state index in [2.05, 4.69) is 15.3 Å². The van der Waals surface area contributed by atoms with Gasteiger partial charge in [-0.1, -0.05) is 6.07 Å². The molecule has 2 heterocycles. The Kier molecular flexibility index (Phi) is 3.87. The van der Waals surface area contributed by atoms with E-state index < -0.39 is 0 Å². The third-order valence-corrected chi connectivity index (χ3v) is 3.35. The minimum absolute atomic E-state index is 0.135. The molecule has 0 radical (unpaired) electrons. The Morgan fingerprint density at radius 2 is 1.90 bits per heavy atom. The quantitative estimate of drug-likeness (QED) is 0.920. The van der Waals surface area contributed by atoms with Crippen LogP contribution >= 0.6 is 0 Å². The smallest absolute Gasteiger partial charge is 0.237 e. The molecule has 0 spiro atoms. The molecule has 110 valence electrons. The lowest BCUT2D eigenvalue weighted by molar-refractivity contribution is 0.171. The predicted octanol–water partition coefficient (Wildman–Crippen LogP) is 1.57. The maximum Gasteiger partial charge on any atom is 0.237 e. The van der Waals surface area contributed by atoms with Crippen LogP contribution < -0.4 is 19.5 Å². The Morgan fingerprint density at radius 1 is 1.14 bits per heavy atom. The van der Waals surface area contributed by atoms with Crippen molar-refractivity contribution in [2.24, 2.45) is 0 Å². The number of benzene rings is 1. The van der Waals surface area contributed by atoms with Crippen molar-refractivity contribution >= 4 is 0 Å². The molecule has 2 aromatic rings. The minimum Gasteiger partial charge on any atom is -0.486 e. The van der Waals surface area contributed by atoms with Crippen molar-refractivity contribution in [2.75, 3.05) is 27.4 Å². The van der Waals surface area contributed by atoms with Crippen molar-refractivity contribution in [2.45, 2.75) is 6.04 Å². The van der Waals surface area contributed by atoms with E-state index in [1.54, 1.807) is 19.5 Å². The molecule has 1 unspecified atom stereocenters. The van der Waals surface area contributed by atoms with E-state index in [1.807, 2.05) is 25.2 Å². The number of nitrogens with one attached hydrogen (secondary N) is 1. The monoisotopic (exact) mass is 287 g/mol. The Labute approximate surface area is 123 Å². The summed E-state index contributed by atoms with van der Waals surface area (Å²) in [5.74, 6) is 2.03. The Bertz CT molecular complexity index is 633. The van der Waals surface area contributed by atoms with Crippen molar-refractivity contribution in [3.63, 3.8) is 0 Å². The van der Waals surface area contributed by atoms with Gasteiger partial charge in [-0.25, -0.2) is 4.98 Å². The van der Waals surface area contributed by atoms with E-state index in [9.17, 15) is 0 Å². The molecular weight excluding hydrogens is 270 g/mol. The maximum atomic E-state index is 5.63. The molecule has 0 saturated heterocycles. The summed E-state index contributed by atoms with van der Waals surface area (Å²) in [5, 5.41) is 3.24. The highest BCUT2D eigenvalue weighted by Gasteiger charge is 2.21. The van der Waals surface area contributed by atoms with Gasteiger partial charge in [0.1, 0.15) is 18.9 Å². The zero-order chi connectivity index (χ0) is 14.7. The number of hydrogen-bond acceptors (Lipinski definition) is 6. The average molecular weight is 287 g/mol. The number of methoxy groups -OCH3 is 1. The first-order valence-electron chi connectivity index (χ1n) is 6.75. The Morgan fingerprint density at radius 3 is 2.67 bits per heavy atom. The van der Waals surface area contributed by atoms with E-state index in [0.717, 1.165) is 22.8 Å².